The van der Waals surface area contributed by atoms with E-state index < -0.39 is 0 Å². The van der Waals surface area contributed by atoms with E-state index in [9.17, 15) is 9.59 Å². The summed E-state index contributed by atoms with van der Waals surface area (Å²) in [6.45, 7) is 7.66. The highest BCUT2D eigenvalue weighted by atomic mass is 32.2. The van der Waals surface area contributed by atoms with Crippen LogP contribution in [0.15, 0.2) is 59.6 Å². The number of carbonyl (C=O) groups is 2. The molecule has 2 aromatic carbocycles. The van der Waals surface area contributed by atoms with Crippen LogP contribution in [-0.2, 0) is 6.42 Å². The highest BCUT2D eigenvalue weighted by molar-refractivity contribution is 7.99. The topological polar surface area (TPSA) is 83.6 Å². The van der Waals surface area contributed by atoms with Gasteiger partial charge in [0, 0.05) is 35.8 Å². The lowest BCUT2D eigenvalue weighted by Crippen LogP contribution is -2.39. The molecule has 2 heterocycles. The molecular weight excluding hydrogens is 460 g/mol. The first-order chi connectivity index (χ1) is 16.9. The van der Waals surface area contributed by atoms with Crippen LogP contribution in [0.2, 0.25) is 0 Å². The Kier molecular flexibility index (Phi) is 7.92. The molecule has 0 spiro atoms. The lowest BCUT2D eigenvalue weighted by molar-refractivity contribution is 0.0954. The number of carbonyl (C=O) groups excluding carboxylic acids is 2. The smallest absolute Gasteiger partial charge is 0.326 e. The van der Waals surface area contributed by atoms with Crippen LogP contribution in [0.25, 0.3) is 0 Å². The zero-order valence-corrected chi connectivity index (χ0v) is 21.1. The number of hydrogen-bond donors (Lipinski definition) is 2. The van der Waals surface area contributed by atoms with E-state index in [-0.39, 0.29) is 11.9 Å². The second-order valence-electron chi connectivity index (χ2n) is 8.33. The van der Waals surface area contributed by atoms with Gasteiger partial charge in [-0.25, -0.2) is 9.78 Å². The Bertz CT molecular complexity index is 1210. The van der Waals surface area contributed by atoms with Gasteiger partial charge in [-0.05, 0) is 74.7 Å². The minimum atomic E-state index is -0.228. The Morgan fingerprint density at radius 2 is 1.91 bits per heavy atom. The molecule has 0 aliphatic carbocycles. The summed E-state index contributed by atoms with van der Waals surface area (Å²) in [6.07, 6.45) is 0.716. The SMILES string of the molecule is CCOc1ccc(CCNC(=O)c2cccc(NC(=O)N3CCSc4nc(C)cc(C)c43)c2)cc1. The summed E-state index contributed by atoms with van der Waals surface area (Å²) in [5.41, 5.74) is 5.01. The van der Waals surface area contributed by atoms with Gasteiger partial charge in [0.2, 0.25) is 0 Å². The number of amides is 3. The number of fused-ring (bicyclic) bond motifs is 1. The van der Waals surface area contributed by atoms with Gasteiger partial charge >= 0.3 is 6.03 Å². The van der Waals surface area contributed by atoms with E-state index in [1.807, 2.05) is 51.1 Å². The lowest BCUT2D eigenvalue weighted by atomic mass is 10.1. The van der Waals surface area contributed by atoms with Gasteiger partial charge in [0.25, 0.3) is 5.91 Å². The number of anilines is 2. The molecule has 3 amide bonds. The second-order valence-corrected chi connectivity index (χ2v) is 9.41. The Morgan fingerprint density at radius 3 is 2.69 bits per heavy atom. The van der Waals surface area contributed by atoms with Crippen molar-refractivity contribution in [2.24, 2.45) is 0 Å². The number of hydrogen-bond acceptors (Lipinski definition) is 5. The van der Waals surface area contributed by atoms with Crippen LogP contribution in [0.1, 0.15) is 34.1 Å². The molecule has 0 saturated carbocycles. The molecule has 35 heavy (non-hydrogen) atoms. The standard InChI is InChI=1S/C27H30N4O3S/c1-4-34-23-10-8-20(9-11-23)12-13-28-25(32)21-6-5-7-22(17-21)30-27(33)31-14-15-35-26-24(31)18(2)16-19(3)29-26/h5-11,16-17H,4,12-15H2,1-3H3,(H,28,32)(H,30,33). The fraction of sp³-hybridized carbons (Fsp3) is 0.296. The highest BCUT2D eigenvalue weighted by Crippen LogP contribution is 2.36. The summed E-state index contributed by atoms with van der Waals surface area (Å²) in [4.78, 5) is 32.1. The van der Waals surface area contributed by atoms with Crippen LogP contribution < -0.4 is 20.3 Å². The maximum atomic E-state index is 13.1. The van der Waals surface area contributed by atoms with Crippen LogP contribution in [0.3, 0.4) is 0 Å². The van der Waals surface area contributed by atoms with Crippen LogP contribution in [0, 0.1) is 13.8 Å². The molecule has 0 radical (unpaired) electrons. The van der Waals surface area contributed by atoms with Crippen molar-refractivity contribution >= 4 is 35.1 Å². The van der Waals surface area contributed by atoms with E-state index in [1.165, 1.54) is 0 Å². The molecule has 0 bridgehead atoms. The van der Waals surface area contributed by atoms with Crippen LogP contribution in [-0.4, -0.2) is 42.4 Å². The van der Waals surface area contributed by atoms with Gasteiger partial charge in [-0.2, -0.15) is 0 Å². The van der Waals surface area contributed by atoms with Crippen LogP contribution in [0.4, 0.5) is 16.2 Å². The second kappa shape index (κ2) is 11.3. The number of nitrogens with one attached hydrogen (secondary N) is 2. The molecule has 2 N–H and O–H groups in total. The van der Waals surface area contributed by atoms with Crippen molar-refractivity contribution in [2.45, 2.75) is 32.2 Å². The van der Waals surface area contributed by atoms with Crippen LogP contribution >= 0.6 is 11.8 Å². The third-order valence-corrected chi connectivity index (χ3v) is 6.60. The Hall–Kier alpha value is -3.52. The summed E-state index contributed by atoms with van der Waals surface area (Å²) in [5.74, 6) is 1.45. The van der Waals surface area contributed by atoms with Gasteiger partial charge in [0.05, 0.1) is 12.3 Å². The number of benzene rings is 2. The first-order valence-electron chi connectivity index (χ1n) is 11.7. The van der Waals surface area contributed by atoms with Crippen molar-refractivity contribution in [3.8, 4) is 5.75 Å². The number of urea groups is 1. The summed E-state index contributed by atoms with van der Waals surface area (Å²) in [5, 5.41) is 6.78. The monoisotopic (exact) mass is 490 g/mol. The van der Waals surface area contributed by atoms with Crippen molar-refractivity contribution < 1.29 is 14.3 Å². The van der Waals surface area contributed by atoms with Crippen molar-refractivity contribution in [3.05, 3.63) is 77.0 Å². The molecule has 1 aliphatic heterocycles. The number of aryl methyl sites for hydroxylation is 2. The molecule has 4 rings (SSSR count). The summed E-state index contributed by atoms with van der Waals surface area (Å²) in [7, 11) is 0. The maximum absolute atomic E-state index is 13.1. The third kappa shape index (κ3) is 6.14. The average Bonchev–Trinajstić information content (AvgIpc) is 2.85. The molecule has 0 atom stereocenters. The van der Waals surface area contributed by atoms with Crippen molar-refractivity contribution in [1.29, 1.82) is 0 Å². The van der Waals surface area contributed by atoms with Gasteiger partial charge in [-0.1, -0.05) is 18.2 Å². The lowest BCUT2D eigenvalue weighted by Gasteiger charge is -2.30. The number of ether oxygens (including phenoxy) is 1. The summed E-state index contributed by atoms with van der Waals surface area (Å²) >= 11 is 1.67. The van der Waals surface area contributed by atoms with Crippen molar-refractivity contribution in [3.63, 3.8) is 0 Å². The fourth-order valence-electron chi connectivity index (χ4n) is 4.04. The molecule has 8 heteroatoms. The first-order valence-corrected chi connectivity index (χ1v) is 12.7. The number of aromatic nitrogens is 1. The molecule has 1 aromatic heterocycles. The Labute approximate surface area is 210 Å². The van der Waals surface area contributed by atoms with Gasteiger partial charge in [0.15, 0.2) is 0 Å². The van der Waals surface area contributed by atoms with Gasteiger partial charge in [0.1, 0.15) is 10.8 Å². The van der Waals surface area contributed by atoms with E-state index in [2.05, 4.69) is 15.6 Å². The molecule has 0 fully saturated rings. The van der Waals surface area contributed by atoms with Gasteiger partial charge in [-0.3, -0.25) is 9.69 Å². The van der Waals surface area contributed by atoms with E-state index in [0.717, 1.165) is 39.0 Å². The van der Waals surface area contributed by atoms with Gasteiger partial charge in [-0.15, -0.1) is 11.8 Å². The molecule has 3 aromatic rings. The largest absolute Gasteiger partial charge is 0.494 e. The van der Waals surface area contributed by atoms with Crippen LogP contribution in [0.5, 0.6) is 5.75 Å². The predicted octanol–water partition coefficient (Wildman–Crippen LogP) is 5.21. The van der Waals surface area contributed by atoms with E-state index in [1.54, 1.807) is 40.9 Å². The minimum absolute atomic E-state index is 0.178. The predicted molar refractivity (Wildman–Crippen MR) is 141 cm³/mol. The molecule has 1 aliphatic rings. The van der Waals surface area contributed by atoms with Gasteiger partial charge < -0.3 is 15.4 Å². The minimum Gasteiger partial charge on any atom is -0.494 e. The van der Waals surface area contributed by atoms with E-state index >= 15 is 0 Å². The normalized spacial score (nSPS) is 12.6. The van der Waals surface area contributed by atoms with E-state index in [0.29, 0.717) is 37.4 Å². The Balaban J connectivity index is 1.36. The fourth-order valence-corrected chi connectivity index (χ4v) is 5.13. The van der Waals surface area contributed by atoms with E-state index in [4.69, 9.17) is 4.74 Å². The zero-order chi connectivity index (χ0) is 24.8. The number of thioether (sulfide) groups is 1. The summed E-state index contributed by atoms with van der Waals surface area (Å²) < 4.78 is 5.46. The highest BCUT2D eigenvalue weighted by Gasteiger charge is 2.26. The number of rotatable bonds is 7. The third-order valence-electron chi connectivity index (χ3n) is 5.66. The molecule has 0 unspecified atom stereocenters. The first kappa shape index (κ1) is 24.6. The van der Waals surface area contributed by atoms with Crippen molar-refractivity contribution in [2.75, 3.05) is 35.7 Å². The maximum Gasteiger partial charge on any atom is 0.326 e. The number of pyridine rings is 1. The zero-order valence-electron chi connectivity index (χ0n) is 20.3. The molecule has 7 nitrogen and oxygen atoms in total. The summed E-state index contributed by atoms with van der Waals surface area (Å²) in [6, 6.07) is 16.6. The molecule has 182 valence electrons. The molecule has 0 saturated heterocycles. The average molecular weight is 491 g/mol. The number of nitrogens with zero attached hydrogens (tertiary/aromatic N) is 2. The Morgan fingerprint density at radius 1 is 1.11 bits per heavy atom. The molecular formula is C27H30N4O3S. The van der Waals surface area contributed by atoms with Crippen molar-refractivity contribution in [1.82, 2.24) is 10.3 Å². The quantitative estimate of drug-likeness (QED) is 0.475.